The van der Waals surface area contributed by atoms with Crippen molar-refractivity contribution in [1.29, 1.82) is 0 Å². The van der Waals surface area contributed by atoms with E-state index in [0.29, 0.717) is 6.54 Å². The molecule has 0 fully saturated rings. The summed E-state index contributed by atoms with van der Waals surface area (Å²) in [5.41, 5.74) is 4.44. The summed E-state index contributed by atoms with van der Waals surface area (Å²) in [4.78, 5) is 0. The van der Waals surface area contributed by atoms with Crippen molar-refractivity contribution in [1.82, 2.24) is 9.03 Å². The topological polar surface area (TPSA) is 49.4 Å². The molecule has 0 saturated heterocycles. The number of nitrogens with one attached hydrogen (secondary N) is 1. The summed E-state index contributed by atoms with van der Waals surface area (Å²) in [6, 6.07) is 15.7. The molecule has 24 heavy (non-hydrogen) atoms. The van der Waals surface area contributed by atoms with Crippen LogP contribution in [0.2, 0.25) is 0 Å². The summed E-state index contributed by atoms with van der Waals surface area (Å²) in [6.07, 6.45) is 0.734. The highest BCUT2D eigenvalue weighted by molar-refractivity contribution is 7.87. The minimum Gasteiger partial charge on any atom is -0.200 e. The van der Waals surface area contributed by atoms with Gasteiger partial charge in [-0.3, -0.25) is 0 Å². The third-order valence-electron chi connectivity index (χ3n) is 4.42. The summed E-state index contributed by atoms with van der Waals surface area (Å²) in [5.74, 6) is 0. The van der Waals surface area contributed by atoms with Crippen molar-refractivity contribution in [3.63, 3.8) is 0 Å². The molecule has 128 valence electrons. The largest absolute Gasteiger partial charge is 0.280 e. The number of hydrogen-bond donors (Lipinski definition) is 1. The Balaban J connectivity index is 2.15. The Hall–Kier alpha value is -1.69. The molecule has 0 bridgehead atoms. The molecule has 0 spiro atoms. The molecule has 0 aliphatic carbocycles. The fourth-order valence-corrected chi connectivity index (χ4v) is 4.95. The molecule has 2 aromatic carbocycles. The van der Waals surface area contributed by atoms with Gasteiger partial charge in [0, 0.05) is 12.6 Å². The Bertz CT molecular complexity index is 831. The standard InChI is InChI=1S/C19H24N2O2S/c1-14(2)20-24(22,23)21-13-12-16-9-5-7-11-18(16)19(21)17-10-6-4-8-15(17)3/h4-11,14,19-20H,12-13H2,1-3H3. The van der Waals surface area contributed by atoms with Crippen LogP contribution in [0.15, 0.2) is 48.5 Å². The lowest BCUT2D eigenvalue weighted by molar-refractivity contribution is 0.335. The van der Waals surface area contributed by atoms with E-state index in [4.69, 9.17) is 0 Å². The Labute approximate surface area is 144 Å². The lowest BCUT2D eigenvalue weighted by Crippen LogP contribution is -2.48. The second-order valence-electron chi connectivity index (χ2n) is 6.60. The van der Waals surface area contributed by atoms with E-state index >= 15 is 0 Å². The van der Waals surface area contributed by atoms with E-state index < -0.39 is 10.2 Å². The molecule has 5 heteroatoms. The van der Waals surface area contributed by atoms with Gasteiger partial charge in [-0.05, 0) is 49.4 Å². The number of nitrogens with zero attached hydrogens (tertiary/aromatic N) is 1. The van der Waals surface area contributed by atoms with Gasteiger partial charge in [-0.15, -0.1) is 0 Å². The van der Waals surface area contributed by atoms with Gasteiger partial charge in [0.1, 0.15) is 0 Å². The van der Waals surface area contributed by atoms with Gasteiger partial charge < -0.3 is 0 Å². The third kappa shape index (κ3) is 3.24. The Kier molecular flexibility index (Phi) is 4.76. The zero-order valence-corrected chi connectivity index (χ0v) is 15.2. The second kappa shape index (κ2) is 6.67. The van der Waals surface area contributed by atoms with Crippen LogP contribution in [0.5, 0.6) is 0 Å². The van der Waals surface area contributed by atoms with E-state index in [1.807, 2.05) is 63.2 Å². The van der Waals surface area contributed by atoms with Crippen LogP contribution in [-0.2, 0) is 16.6 Å². The highest BCUT2D eigenvalue weighted by Gasteiger charge is 2.37. The Morgan fingerprint density at radius 3 is 2.33 bits per heavy atom. The first-order valence-corrected chi connectivity index (χ1v) is 9.76. The molecule has 0 amide bonds. The van der Waals surface area contributed by atoms with Gasteiger partial charge >= 0.3 is 0 Å². The molecular formula is C19H24N2O2S. The Morgan fingerprint density at radius 2 is 1.67 bits per heavy atom. The van der Waals surface area contributed by atoms with Gasteiger partial charge in [0.2, 0.25) is 0 Å². The molecular weight excluding hydrogens is 320 g/mol. The number of aryl methyl sites for hydroxylation is 1. The van der Waals surface area contributed by atoms with Crippen molar-refractivity contribution < 1.29 is 8.42 Å². The average molecular weight is 344 g/mol. The molecule has 0 saturated carbocycles. The van der Waals surface area contributed by atoms with Gasteiger partial charge in [-0.1, -0.05) is 48.5 Å². The van der Waals surface area contributed by atoms with Crippen molar-refractivity contribution in [2.24, 2.45) is 0 Å². The maximum absolute atomic E-state index is 12.9. The fourth-order valence-electron chi connectivity index (χ4n) is 3.38. The zero-order valence-electron chi connectivity index (χ0n) is 14.4. The van der Waals surface area contributed by atoms with E-state index in [1.165, 1.54) is 5.56 Å². The molecule has 1 atom stereocenters. The lowest BCUT2D eigenvalue weighted by Gasteiger charge is -2.37. The Morgan fingerprint density at radius 1 is 1.04 bits per heavy atom. The molecule has 1 aliphatic rings. The smallest absolute Gasteiger partial charge is 0.200 e. The molecule has 4 nitrogen and oxygen atoms in total. The van der Waals surface area contributed by atoms with E-state index in [-0.39, 0.29) is 12.1 Å². The highest BCUT2D eigenvalue weighted by atomic mass is 32.2. The van der Waals surface area contributed by atoms with Crippen LogP contribution in [0.3, 0.4) is 0 Å². The fraction of sp³-hybridized carbons (Fsp3) is 0.368. The van der Waals surface area contributed by atoms with Gasteiger partial charge in [0.25, 0.3) is 10.2 Å². The lowest BCUT2D eigenvalue weighted by atomic mass is 9.88. The number of rotatable bonds is 4. The summed E-state index contributed by atoms with van der Waals surface area (Å²) in [7, 11) is -3.56. The van der Waals surface area contributed by atoms with E-state index in [1.54, 1.807) is 4.31 Å². The number of benzene rings is 2. The molecule has 0 radical (unpaired) electrons. The van der Waals surface area contributed by atoms with Gasteiger partial charge in [0.05, 0.1) is 6.04 Å². The first-order chi connectivity index (χ1) is 11.4. The normalized spacial score (nSPS) is 18.6. The molecule has 1 N–H and O–H groups in total. The minimum absolute atomic E-state index is 0.135. The number of fused-ring (bicyclic) bond motifs is 1. The van der Waals surface area contributed by atoms with E-state index in [9.17, 15) is 8.42 Å². The second-order valence-corrected chi connectivity index (χ2v) is 8.25. The molecule has 1 heterocycles. The van der Waals surface area contributed by atoms with Crippen molar-refractivity contribution in [2.75, 3.05) is 6.54 Å². The summed E-state index contributed by atoms with van der Waals surface area (Å²) >= 11 is 0. The van der Waals surface area contributed by atoms with Crippen LogP contribution < -0.4 is 4.72 Å². The van der Waals surface area contributed by atoms with E-state index in [0.717, 1.165) is 23.1 Å². The average Bonchev–Trinajstić information content (AvgIpc) is 2.53. The van der Waals surface area contributed by atoms with Gasteiger partial charge in [0.15, 0.2) is 0 Å². The first kappa shape index (κ1) is 17.1. The molecule has 0 aromatic heterocycles. The first-order valence-electron chi connectivity index (χ1n) is 8.32. The van der Waals surface area contributed by atoms with E-state index in [2.05, 4.69) is 10.8 Å². The summed E-state index contributed by atoms with van der Waals surface area (Å²) in [6.45, 7) is 6.21. The third-order valence-corrected chi connectivity index (χ3v) is 6.20. The van der Waals surface area contributed by atoms with Crippen LogP contribution in [0.4, 0.5) is 0 Å². The monoisotopic (exact) mass is 344 g/mol. The van der Waals surface area contributed by atoms with Crippen molar-refractivity contribution in [3.8, 4) is 0 Å². The summed E-state index contributed by atoms with van der Waals surface area (Å²) in [5, 5.41) is 0. The SMILES string of the molecule is Cc1ccccc1C1c2ccccc2CCN1S(=O)(=O)NC(C)C. The van der Waals surface area contributed by atoms with Crippen LogP contribution in [0.25, 0.3) is 0 Å². The molecule has 2 aromatic rings. The highest BCUT2D eigenvalue weighted by Crippen LogP contribution is 2.37. The maximum atomic E-state index is 12.9. The number of hydrogen-bond acceptors (Lipinski definition) is 2. The van der Waals surface area contributed by atoms with Crippen LogP contribution >= 0.6 is 0 Å². The molecule has 3 rings (SSSR count). The minimum atomic E-state index is -3.56. The predicted octanol–water partition coefficient (Wildman–Crippen LogP) is 3.19. The quantitative estimate of drug-likeness (QED) is 0.926. The van der Waals surface area contributed by atoms with Gasteiger partial charge in [-0.25, -0.2) is 0 Å². The maximum Gasteiger partial charge on any atom is 0.280 e. The predicted molar refractivity (Wildman–Crippen MR) is 97.1 cm³/mol. The van der Waals surface area contributed by atoms with Crippen molar-refractivity contribution in [3.05, 3.63) is 70.8 Å². The van der Waals surface area contributed by atoms with Crippen LogP contribution in [0, 0.1) is 6.92 Å². The molecule has 1 unspecified atom stereocenters. The zero-order chi connectivity index (χ0) is 17.3. The van der Waals surface area contributed by atoms with Crippen molar-refractivity contribution >= 4 is 10.2 Å². The van der Waals surface area contributed by atoms with Crippen LogP contribution in [0.1, 0.15) is 42.1 Å². The van der Waals surface area contributed by atoms with Gasteiger partial charge in [-0.2, -0.15) is 17.4 Å². The molecule has 1 aliphatic heterocycles. The van der Waals surface area contributed by atoms with Crippen molar-refractivity contribution in [2.45, 2.75) is 39.3 Å². The van der Waals surface area contributed by atoms with Crippen LogP contribution in [-0.4, -0.2) is 25.3 Å². The summed E-state index contributed by atoms with van der Waals surface area (Å²) < 4.78 is 30.2.